The predicted octanol–water partition coefficient (Wildman–Crippen LogP) is 1.32. The molecule has 1 saturated heterocycles. The van der Waals surface area contributed by atoms with E-state index in [1.807, 2.05) is 0 Å². The Morgan fingerprint density at radius 3 is 2.62 bits per heavy atom. The number of halogens is 1. The molecule has 0 saturated carbocycles. The lowest BCUT2D eigenvalue weighted by molar-refractivity contribution is -0.137. The molecule has 1 N–H and O–H groups in total. The molecular formula is C10H12FNO4. The summed E-state index contributed by atoms with van der Waals surface area (Å²) in [5.74, 6) is -1.20. The number of amides is 1. The second-order valence-corrected chi connectivity index (χ2v) is 3.18. The molecule has 88 valence electrons. The van der Waals surface area contributed by atoms with Crippen molar-refractivity contribution in [2.45, 2.75) is 6.92 Å². The molecule has 0 unspecified atom stereocenters. The van der Waals surface area contributed by atoms with Crippen LogP contribution in [0.15, 0.2) is 23.6 Å². The molecule has 0 radical (unpaired) electrons. The monoisotopic (exact) mass is 229 g/mol. The normalized spacial score (nSPS) is 14.9. The van der Waals surface area contributed by atoms with E-state index < -0.39 is 17.9 Å². The lowest BCUT2D eigenvalue weighted by Crippen LogP contribution is -2.44. The maximum absolute atomic E-state index is 13.3. The van der Waals surface area contributed by atoms with Crippen LogP contribution in [0.5, 0.6) is 0 Å². The van der Waals surface area contributed by atoms with Gasteiger partial charge in [-0.05, 0) is 13.0 Å². The standard InChI is InChI=1S/C10H12FNO4/c1-2-16-9(13)4-3-8(11)7-5-12(6-7)10(14)15/h3-4H,2,5-6H2,1H3,(H,14,15). The van der Waals surface area contributed by atoms with Crippen molar-refractivity contribution in [2.24, 2.45) is 0 Å². The molecule has 1 amide bonds. The Kier molecular flexibility index (Phi) is 4.04. The third kappa shape index (κ3) is 3.08. The van der Waals surface area contributed by atoms with E-state index in [1.165, 1.54) is 0 Å². The van der Waals surface area contributed by atoms with E-state index in [2.05, 4.69) is 4.74 Å². The number of ether oxygens (including phenoxy) is 1. The molecule has 0 spiro atoms. The molecule has 1 heterocycles. The number of nitrogens with zero attached hydrogens (tertiary/aromatic N) is 1. The van der Waals surface area contributed by atoms with Crippen molar-refractivity contribution in [3.05, 3.63) is 23.6 Å². The maximum atomic E-state index is 13.3. The van der Waals surface area contributed by atoms with Crippen LogP contribution in [0.1, 0.15) is 6.92 Å². The number of rotatable bonds is 3. The van der Waals surface area contributed by atoms with Gasteiger partial charge in [-0.2, -0.15) is 0 Å². The first-order valence-corrected chi connectivity index (χ1v) is 4.74. The van der Waals surface area contributed by atoms with Gasteiger partial charge < -0.3 is 9.84 Å². The second-order valence-electron chi connectivity index (χ2n) is 3.18. The summed E-state index contributed by atoms with van der Waals surface area (Å²) in [6.07, 6.45) is 0.896. The van der Waals surface area contributed by atoms with Gasteiger partial charge in [0, 0.05) is 11.6 Å². The van der Waals surface area contributed by atoms with Crippen molar-refractivity contribution in [3.8, 4) is 0 Å². The number of allylic oxidation sites excluding steroid dienone is 2. The Morgan fingerprint density at radius 1 is 1.50 bits per heavy atom. The number of esters is 1. The van der Waals surface area contributed by atoms with Gasteiger partial charge in [0.15, 0.2) is 0 Å². The van der Waals surface area contributed by atoms with Crippen LogP contribution < -0.4 is 0 Å². The average molecular weight is 229 g/mol. The van der Waals surface area contributed by atoms with Gasteiger partial charge >= 0.3 is 12.1 Å². The molecule has 0 bridgehead atoms. The molecule has 1 fully saturated rings. The Balaban J connectivity index is 2.47. The summed E-state index contributed by atoms with van der Waals surface area (Å²) in [7, 11) is 0. The molecular weight excluding hydrogens is 217 g/mol. The third-order valence-corrected chi connectivity index (χ3v) is 2.02. The Hall–Kier alpha value is -1.85. The zero-order valence-electron chi connectivity index (χ0n) is 8.77. The molecule has 1 rings (SSSR count). The Bertz CT molecular complexity index is 354. The van der Waals surface area contributed by atoms with Crippen molar-refractivity contribution in [1.29, 1.82) is 0 Å². The molecule has 16 heavy (non-hydrogen) atoms. The molecule has 0 aromatic heterocycles. The number of likely N-dealkylation sites (tertiary alicyclic amines) is 1. The van der Waals surface area contributed by atoms with Crippen LogP contribution in [0.2, 0.25) is 0 Å². The van der Waals surface area contributed by atoms with Gasteiger partial charge in [-0.1, -0.05) is 0 Å². The van der Waals surface area contributed by atoms with Crippen molar-refractivity contribution >= 4 is 12.1 Å². The van der Waals surface area contributed by atoms with E-state index in [0.717, 1.165) is 17.1 Å². The maximum Gasteiger partial charge on any atom is 0.407 e. The number of hydrogen-bond acceptors (Lipinski definition) is 3. The largest absolute Gasteiger partial charge is 0.465 e. The fraction of sp³-hybridized carbons (Fsp3) is 0.400. The minimum Gasteiger partial charge on any atom is -0.465 e. The smallest absolute Gasteiger partial charge is 0.407 e. The van der Waals surface area contributed by atoms with Crippen LogP contribution in [0, 0.1) is 0 Å². The summed E-state index contributed by atoms with van der Waals surface area (Å²) < 4.78 is 17.8. The fourth-order valence-corrected chi connectivity index (χ4v) is 1.15. The first-order valence-electron chi connectivity index (χ1n) is 4.74. The fourth-order valence-electron chi connectivity index (χ4n) is 1.15. The molecule has 1 aliphatic rings. The summed E-state index contributed by atoms with van der Waals surface area (Å²) in [6.45, 7) is 1.98. The van der Waals surface area contributed by atoms with Gasteiger partial charge in [0.05, 0.1) is 19.7 Å². The van der Waals surface area contributed by atoms with E-state index >= 15 is 0 Å². The third-order valence-electron chi connectivity index (χ3n) is 2.02. The van der Waals surface area contributed by atoms with Crippen LogP contribution >= 0.6 is 0 Å². The topological polar surface area (TPSA) is 66.8 Å². The Labute approximate surface area is 91.8 Å². The highest BCUT2D eigenvalue weighted by molar-refractivity contribution is 5.82. The molecule has 5 nitrogen and oxygen atoms in total. The van der Waals surface area contributed by atoms with E-state index in [9.17, 15) is 14.0 Å². The zero-order valence-corrected chi connectivity index (χ0v) is 8.77. The second kappa shape index (κ2) is 5.29. The summed E-state index contributed by atoms with van der Waals surface area (Å²) in [4.78, 5) is 22.3. The SMILES string of the molecule is CCOC(=O)C=CC(F)=C1CN(C(=O)O)C1. The summed E-state index contributed by atoms with van der Waals surface area (Å²) >= 11 is 0. The highest BCUT2D eigenvalue weighted by Crippen LogP contribution is 2.20. The minimum atomic E-state index is -1.08. The molecule has 1 aliphatic heterocycles. The highest BCUT2D eigenvalue weighted by atomic mass is 19.1. The van der Waals surface area contributed by atoms with Crippen molar-refractivity contribution in [2.75, 3.05) is 19.7 Å². The van der Waals surface area contributed by atoms with Gasteiger partial charge in [-0.15, -0.1) is 0 Å². The molecule has 0 aromatic carbocycles. The van der Waals surface area contributed by atoms with E-state index in [0.29, 0.717) is 5.57 Å². The lowest BCUT2D eigenvalue weighted by atomic mass is 10.1. The van der Waals surface area contributed by atoms with Gasteiger partial charge in [0.25, 0.3) is 0 Å². The first-order chi connectivity index (χ1) is 7.54. The number of hydrogen-bond donors (Lipinski definition) is 1. The van der Waals surface area contributed by atoms with Gasteiger partial charge in [0.1, 0.15) is 5.83 Å². The van der Waals surface area contributed by atoms with Crippen LogP contribution in [0.4, 0.5) is 9.18 Å². The quantitative estimate of drug-likeness (QED) is 0.585. The molecule has 0 aromatic rings. The van der Waals surface area contributed by atoms with Gasteiger partial charge in [-0.3, -0.25) is 4.90 Å². The van der Waals surface area contributed by atoms with Crippen LogP contribution in [-0.2, 0) is 9.53 Å². The number of carboxylic acid groups (broad SMARTS) is 1. The number of carbonyl (C=O) groups is 2. The van der Waals surface area contributed by atoms with Crippen molar-refractivity contribution in [3.63, 3.8) is 0 Å². The number of carbonyl (C=O) groups excluding carboxylic acids is 1. The predicted molar refractivity (Wildman–Crippen MR) is 53.5 cm³/mol. The van der Waals surface area contributed by atoms with Crippen LogP contribution in [0.25, 0.3) is 0 Å². The minimum absolute atomic E-state index is 0.0499. The zero-order chi connectivity index (χ0) is 12.1. The molecule has 6 heteroatoms. The van der Waals surface area contributed by atoms with E-state index in [-0.39, 0.29) is 19.7 Å². The average Bonchev–Trinajstić information content (AvgIpc) is 2.12. The first kappa shape index (κ1) is 12.2. The van der Waals surface area contributed by atoms with E-state index in [4.69, 9.17) is 5.11 Å². The van der Waals surface area contributed by atoms with Crippen molar-refractivity contribution in [1.82, 2.24) is 4.90 Å². The van der Waals surface area contributed by atoms with Crippen LogP contribution in [0.3, 0.4) is 0 Å². The highest BCUT2D eigenvalue weighted by Gasteiger charge is 2.27. The van der Waals surface area contributed by atoms with E-state index in [1.54, 1.807) is 6.92 Å². The van der Waals surface area contributed by atoms with Gasteiger partial charge in [0.2, 0.25) is 0 Å². The summed E-state index contributed by atoms with van der Waals surface area (Å²) in [5.41, 5.74) is 0.364. The van der Waals surface area contributed by atoms with Gasteiger partial charge in [-0.25, -0.2) is 14.0 Å². The summed E-state index contributed by atoms with van der Waals surface area (Å²) in [6, 6.07) is 0. The van der Waals surface area contributed by atoms with Crippen molar-refractivity contribution < 1.29 is 23.8 Å². The summed E-state index contributed by atoms with van der Waals surface area (Å²) in [5, 5.41) is 8.51. The van der Waals surface area contributed by atoms with Crippen LogP contribution in [-0.4, -0.2) is 41.8 Å². The Morgan fingerprint density at radius 2 is 2.12 bits per heavy atom. The molecule has 0 aliphatic carbocycles. The lowest BCUT2D eigenvalue weighted by Gasteiger charge is -2.31. The molecule has 0 atom stereocenters.